The molecule has 2 heterocycles. The number of aromatic nitrogens is 2. The van der Waals surface area contributed by atoms with Gasteiger partial charge in [-0.25, -0.2) is 4.98 Å². The summed E-state index contributed by atoms with van der Waals surface area (Å²) >= 11 is 0. The third-order valence-electron chi connectivity index (χ3n) is 4.16. The Morgan fingerprint density at radius 3 is 2.64 bits per heavy atom. The number of amides is 1. The van der Waals surface area contributed by atoms with Gasteiger partial charge in [0.25, 0.3) is 0 Å². The van der Waals surface area contributed by atoms with Gasteiger partial charge < -0.3 is 14.6 Å². The molecule has 1 aromatic heterocycles. The highest BCUT2D eigenvalue weighted by Gasteiger charge is 2.33. The van der Waals surface area contributed by atoms with E-state index in [0.29, 0.717) is 6.42 Å². The largest absolute Gasteiger partial charge is 0.497 e. The van der Waals surface area contributed by atoms with E-state index < -0.39 is 0 Å². The lowest BCUT2D eigenvalue weighted by molar-refractivity contribution is -0.129. The normalized spacial score (nSPS) is 18.3. The predicted octanol–water partition coefficient (Wildman–Crippen LogP) is 2.81. The van der Waals surface area contributed by atoms with Crippen LogP contribution in [0.4, 0.5) is 0 Å². The average molecular weight is 299 g/mol. The van der Waals surface area contributed by atoms with E-state index >= 15 is 0 Å². The Morgan fingerprint density at radius 2 is 2.05 bits per heavy atom. The quantitative estimate of drug-likeness (QED) is 0.944. The molecule has 116 valence electrons. The molecule has 1 N–H and O–H groups in total. The summed E-state index contributed by atoms with van der Waals surface area (Å²) in [6.45, 7) is 4.84. The number of carbonyl (C=O) groups is 1. The first kappa shape index (κ1) is 14.6. The number of hydrogen-bond acceptors (Lipinski definition) is 3. The Morgan fingerprint density at radius 1 is 1.32 bits per heavy atom. The highest BCUT2D eigenvalue weighted by Crippen LogP contribution is 2.29. The maximum absolute atomic E-state index is 12.0. The molecule has 0 bridgehead atoms. The Labute approximate surface area is 130 Å². The maximum Gasteiger partial charge on any atom is 0.223 e. The van der Waals surface area contributed by atoms with Gasteiger partial charge in [-0.2, -0.15) is 0 Å². The van der Waals surface area contributed by atoms with Crippen LogP contribution >= 0.6 is 0 Å². The van der Waals surface area contributed by atoms with Gasteiger partial charge in [0.15, 0.2) is 0 Å². The Bertz CT molecular complexity index is 661. The van der Waals surface area contributed by atoms with E-state index in [1.165, 1.54) is 0 Å². The van der Waals surface area contributed by atoms with Gasteiger partial charge in [-0.05, 0) is 43.7 Å². The Kier molecular flexibility index (Phi) is 3.88. The molecule has 1 amide bonds. The van der Waals surface area contributed by atoms with Gasteiger partial charge in [0.1, 0.15) is 11.6 Å². The number of aromatic amines is 1. The van der Waals surface area contributed by atoms with Crippen LogP contribution < -0.4 is 4.74 Å². The van der Waals surface area contributed by atoms with Crippen molar-refractivity contribution in [1.82, 2.24) is 14.9 Å². The van der Waals surface area contributed by atoms with Crippen molar-refractivity contribution in [3.8, 4) is 17.0 Å². The molecule has 1 saturated heterocycles. The lowest BCUT2D eigenvalue weighted by Gasteiger charge is -2.20. The van der Waals surface area contributed by atoms with Crippen LogP contribution in [0, 0.1) is 0 Å². The number of nitrogens with one attached hydrogen (secondary N) is 1. The molecule has 1 aliphatic heterocycles. The summed E-state index contributed by atoms with van der Waals surface area (Å²) in [5, 5.41) is 0. The molecule has 5 heteroatoms. The van der Waals surface area contributed by atoms with Gasteiger partial charge in [-0.1, -0.05) is 0 Å². The molecule has 22 heavy (non-hydrogen) atoms. The number of imidazole rings is 1. The van der Waals surface area contributed by atoms with Crippen LogP contribution in [0.3, 0.4) is 0 Å². The summed E-state index contributed by atoms with van der Waals surface area (Å²) in [6, 6.07) is 8.09. The first-order valence-electron chi connectivity index (χ1n) is 7.57. The maximum atomic E-state index is 12.0. The standard InChI is InChI=1S/C17H21N3O2/c1-11(2)20-10-13(8-16(20)21)17-18-9-15(19-17)12-4-6-14(22-3)7-5-12/h4-7,9,11,13H,8,10H2,1-3H3,(H,18,19)/t13-/m1/s1. The summed E-state index contributed by atoms with van der Waals surface area (Å²) in [5.74, 6) is 2.09. The second-order valence-electron chi connectivity index (χ2n) is 5.95. The summed E-state index contributed by atoms with van der Waals surface area (Å²) < 4.78 is 5.17. The fourth-order valence-electron chi connectivity index (χ4n) is 2.88. The fraction of sp³-hybridized carbons (Fsp3) is 0.412. The summed E-state index contributed by atoms with van der Waals surface area (Å²) in [4.78, 5) is 21.8. The van der Waals surface area contributed by atoms with E-state index in [9.17, 15) is 4.79 Å². The summed E-state index contributed by atoms with van der Waals surface area (Å²) in [6.07, 6.45) is 2.37. The third-order valence-corrected chi connectivity index (χ3v) is 4.16. The highest BCUT2D eigenvalue weighted by atomic mass is 16.5. The SMILES string of the molecule is COc1ccc(-c2cnc([C@@H]3CC(=O)N(C(C)C)C3)[nH]2)cc1. The van der Waals surface area contributed by atoms with Crippen molar-refractivity contribution < 1.29 is 9.53 Å². The number of H-pyrrole nitrogens is 1. The first-order chi connectivity index (χ1) is 10.6. The van der Waals surface area contributed by atoms with Crippen molar-refractivity contribution in [1.29, 1.82) is 0 Å². The Balaban J connectivity index is 1.78. The lowest BCUT2D eigenvalue weighted by Crippen LogP contribution is -2.31. The number of ether oxygens (including phenoxy) is 1. The number of benzene rings is 1. The topological polar surface area (TPSA) is 58.2 Å². The minimum Gasteiger partial charge on any atom is -0.497 e. The third kappa shape index (κ3) is 2.71. The van der Waals surface area contributed by atoms with Crippen molar-refractivity contribution in [2.75, 3.05) is 13.7 Å². The molecule has 0 saturated carbocycles. The zero-order valence-corrected chi connectivity index (χ0v) is 13.2. The van der Waals surface area contributed by atoms with Crippen LogP contribution in [-0.2, 0) is 4.79 Å². The molecule has 1 aromatic carbocycles. The molecule has 3 rings (SSSR count). The van der Waals surface area contributed by atoms with Gasteiger partial charge in [0.2, 0.25) is 5.91 Å². The number of rotatable bonds is 4. The van der Waals surface area contributed by atoms with E-state index in [-0.39, 0.29) is 17.9 Å². The van der Waals surface area contributed by atoms with Crippen LogP contribution in [-0.4, -0.2) is 40.5 Å². The van der Waals surface area contributed by atoms with E-state index in [4.69, 9.17) is 4.74 Å². The van der Waals surface area contributed by atoms with Crippen molar-refractivity contribution in [2.45, 2.75) is 32.2 Å². The van der Waals surface area contributed by atoms with E-state index in [0.717, 1.165) is 29.4 Å². The summed E-state index contributed by atoms with van der Waals surface area (Å²) in [7, 11) is 1.65. The number of hydrogen-bond donors (Lipinski definition) is 1. The molecule has 1 aliphatic rings. The van der Waals surface area contributed by atoms with Gasteiger partial charge >= 0.3 is 0 Å². The zero-order chi connectivity index (χ0) is 15.7. The lowest BCUT2D eigenvalue weighted by atomic mass is 10.1. The highest BCUT2D eigenvalue weighted by molar-refractivity contribution is 5.79. The van der Waals surface area contributed by atoms with Gasteiger partial charge in [0.05, 0.1) is 19.0 Å². The average Bonchev–Trinajstić information content (AvgIpc) is 3.14. The minimum atomic E-state index is 0.155. The first-order valence-corrected chi connectivity index (χ1v) is 7.57. The Hall–Kier alpha value is -2.30. The van der Waals surface area contributed by atoms with Crippen LogP contribution in [0.1, 0.15) is 32.0 Å². The van der Waals surface area contributed by atoms with Crippen LogP contribution in [0.15, 0.2) is 30.5 Å². The number of carbonyl (C=O) groups excluding carboxylic acids is 1. The predicted molar refractivity (Wildman–Crippen MR) is 84.8 cm³/mol. The molecule has 0 unspecified atom stereocenters. The molecule has 5 nitrogen and oxygen atoms in total. The van der Waals surface area contributed by atoms with Gasteiger partial charge in [0, 0.05) is 24.9 Å². The van der Waals surface area contributed by atoms with Crippen molar-refractivity contribution in [3.05, 3.63) is 36.3 Å². The van der Waals surface area contributed by atoms with E-state index in [1.807, 2.05) is 49.2 Å². The molecule has 1 fully saturated rings. The van der Waals surface area contributed by atoms with Crippen LogP contribution in [0.5, 0.6) is 5.75 Å². The second-order valence-corrected chi connectivity index (χ2v) is 5.95. The van der Waals surface area contributed by atoms with Crippen molar-refractivity contribution in [3.63, 3.8) is 0 Å². The molecule has 0 spiro atoms. The van der Waals surface area contributed by atoms with E-state index in [1.54, 1.807) is 7.11 Å². The summed E-state index contributed by atoms with van der Waals surface area (Å²) in [5.41, 5.74) is 2.03. The number of likely N-dealkylation sites (tertiary alicyclic amines) is 1. The molecule has 0 radical (unpaired) electrons. The molecule has 2 aromatic rings. The fourth-order valence-corrected chi connectivity index (χ4v) is 2.88. The molecule has 0 aliphatic carbocycles. The van der Waals surface area contributed by atoms with E-state index in [2.05, 4.69) is 9.97 Å². The second kappa shape index (κ2) is 5.83. The zero-order valence-electron chi connectivity index (χ0n) is 13.2. The minimum absolute atomic E-state index is 0.155. The molecule has 1 atom stereocenters. The van der Waals surface area contributed by atoms with Crippen LogP contribution in [0.25, 0.3) is 11.3 Å². The molecular weight excluding hydrogens is 278 g/mol. The molecular formula is C17H21N3O2. The smallest absolute Gasteiger partial charge is 0.223 e. The number of methoxy groups -OCH3 is 1. The van der Waals surface area contributed by atoms with Crippen LogP contribution in [0.2, 0.25) is 0 Å². The monoisotopic (exact) mass is 299 g/mol. The van der Waals surface area contributed by atoms with Crippen molar-refractivity contribution in [2.24, 2.45) is 0 Å². The van der Waals surface area contributed by atoms with Crippen molar-refractivity contribution >= 4 is 5.91 Å². The van der Waals surface area contributed by atoms with Gasteiger partial charge in [-0.15, -0.1) is 0 Å². The van der Waals surface area contributed by atoms with Gasteiger partial charge in [-0.3, -0.25) is 4.79 Å². The number of nitrogens with zero attached hydrogens (tertiary/aromatic N) is 2.